The Kier molecular flexibility index (Phi) is 4.07. The Morgan fingerprint density at radius 1 is 1.35 bits per heavy atom. The van der Waals surface area contributed by atoms with Crippen LogP contribution in [0.5, 0.6) is 0 Å². The highest BCUT2D eigenvalue weighted by Crippen LogP contribution is 2.14. The smallest absolute Gasteiger partial charge is 0.318 e. The highest BCUT2D eigenvalue weighted by atomic mass is 32.1. The van der Waals surface area contributed by atoms with Crippen LogP contribution in [0.25, 0.3) is 12.2 Å². The van der Waals surface area contributed by atoms with Crippen molar-refractivity contribution < 1.29 is 18.0 Å². The number of furan rings is 1. The number of hydrogen-bond donors (Lipinski definition) is 1. The van der Waals surface area contributed by atoms with Gasteiger partial charge in [-0.25, -0.2) is 0 Å². The Hall–Kier alpha value is -2.74. The van der Waals surface area contributed by atoms with Crippen LogP contribution in [-0.2, 0) is 0 Å². The van der Waals surface area contributed by atoms with Crippen molar-refractivity contribution in [3.8, 4) is 0 Å². The number of alkyl halides is 2. The predicted molar refractivity (Wildman–Crippen MR) is 80.9 cm³/mol. The molecule has 0 unspecified atom stereocenters. The van der Waals surface area contributed by atoms with E-state index in [1.165, 1.54) is 42.8 Å². The van der Waals surface area contributed by atoms with E-state index >= 15 is 0 Å². The van der Waals surface area contributed by atoms with Crippen LogP contribution in [-0.4, -0.2) is 15.3 Å². The van der Waals surface area contributed by atoms with E-state index in [0.29, 0.717) is 4.66 Å². The van der Waals surface area contributed by atoms with E-state index in [4.69, 9.17) is 4.42 Å². The molecule has 3 aromatic rings. The van der Waals surface area contributed by atoms with Crippen LogP contribution >= 0.6 is 11.3 Å². The molecule has 0 bridgehead atoms. The van der Waals surface area contributed by atoms with Crippen LogP contribution in [0, 0.1) is 0 Å². The van der Waals surface area contributed by atoms with Gasteiger partial charge < -0.3 is 9.40 Å². The van der Waals surface area contributed by atoms with Crippen molar-refractivity contribution in [1.82, 2.24) is 9.55 Å². The summed E-state index contributed by atoms with van der Waals surface area (Å²) in [5.41, 5.74) is -0.244. The van der Waals surface area contributed by atoms with Gasteiger partial charge in [-0.15, -0.1) is 11.3 Å². The maximum absolute atomic E-state index is 12.8. The van der Waals surface area contributed by atoms with Gasteiger partial charge in [0.15, 0.2) is 5.76 Å². The van der Waals surface area contributed by atoms with Crippen molar-refractivity contribution in [3.05, 3.63) is 67.7 Å². The second-order valence-corrected chi connectivity index (χ2v) is 5.62. The third-order valence-electron chi connectivity index (χ3n) is 3.01. The number of nitrogens with zero attached hydrogens (tertiary/aromatic N) is 1. The molecule has 0 aliphatic carbocycles. The van der Waals surface area contributed by atoms with E-state index in [9.17, 15) is 18.4 Å². The van der Waals surface area contributed by atoms with Gasteiger partial charge in [-0.1, -0.05) is 0 Å². The molecule has 3 rings (SSSR count). The molecule has 5 nitrogen and oxygen atoms in total. The average molecular weight is 336 g/mol. The van der Waals surface area contributed by atoms with Gasteiger partial charge in [-0.2, -0.15) is 8.78 Å². The zero-order chi connectivity index (χ0) is 16.4. The van der Waals surface area contributed by atoms with Crippen LogP contribution in [0.15, 0.2) is 45.9 Å². The predicted octanol–water partition coefficient (Wildman–Crippen LogP) is 1.72. The molecular formula is C15H10F2N2O3S. The normalized spacial score (nSPS) is 13.2. The maximum atomic E-state index is 12.8. The van der Waals surface area contributed by atoms with E-state index in [2.05, 4.69) is 4.98 Å². The van der Waals surface area contributed by atoms with Gasteiger partial charge >= 0.3 is 6.55 Å². The second kappa shape index (κ2) is 6.17. The summed E-state index contributed by atoms with van der Waals surface area (Å²) in [6.07, 6.45) is 5.18. The van der Waals surface area contributed by atoms with E-state index in [-0.39, 0.29) is 16.0 Å². The molecule has 0 atom stereocenters. The van der Waals surface area contributed by atoms with E-state index in [1.54, 1.807) is 6.07 Å². The molecule has 0 aliphatic rings. The standard InChI is InChI=1S/C15H10F2N2O3S/c16-15(17)19-5-1-3-9(19)7-12-14(21)18-13(23-12)8-10(20)11-4-2-6-22-11/h1-8,15H,(H,18,21)/b12-7-,13-8-. The summed E-state index contributed by atoms with van der Waals surface area (Å²) in [5.74, 6) is -0.244. The fourth-order valence-electron chi connectivity index (χ4n) is 1.97. The van der Waals surface area contributed by atoms with Gasteiger partial charge in [0.1, 0.15) is 0 Å². The molecule has 0 aromatic carbocycles. The minimum absolute atomic E-state index is 0.149. The van der Waals surface area contributed by atoms with E-state index in [1.807, 2.05) is 0 Å². The van der Waals surface area contributed by atoms with Crippen molar-refractivity contribution >= 4 is 29.3 Å². The summed E-state index contributed by atoms with van der Waals surface area (Å²) >= 11 is 1.00. The molecule has 0 radical (unpaired) electrons. The zero-order valence-corrected chi connectivity index (χ0v) is 12.3. The van der Waals surface area contributed by atoms with Gasteiger partial charge in [-0.3, -0.25) is 14.2 Å². The number of aromatic amines is 1. The van der Waals surface area contributed by atoms with Crippen LogP contribution in [0.4, 0.5) is 8.78 Å². The van der Waals surface area contributed by atoms with Gasteiger partial charge in [-0.05, 0) is 30.3 Å². The quantitative estimate of drug-likeness (QED) is 0.738. The summed E-state index contributed by atoms with van der Waals surface area (Å²) < 4.78 is 31.9. The first-order valence-corrected chi connectivity index (χ1v) is 7.31. The number of thiazole rings is 1. The molecular weight excluding hydrogens is 326 g/mol. The maximum Gasteiger partial charge on any atom is 0.318 e. The molecule has 0 saturated carbocycles. The van der Waals surface area contributed by atoms with Gasteiger partial charge in [0.25, 0.3) is 5.56 Å². The summed E-state index contributed by atoms with van der Waals surface area (Å²) in [7, 11) is 0. The van der Waals surface area contributed by atoms with Crippen LogP contribution in [0.2, 0.25) is 0 Å². The van der Waals surface area contributed by atoms with Gasteiger partial charge in [0, 0.05) is 18.0 Å². The molecule has 3 heterocycles. The molecule has 0 aliphatic heterocycles. The van der Waals surface area contributed by atoms with Crippen LogP contribution in [0.1, 0.15) is 22.8 Å². The molecule has 0 saturated heterocycles. The average Bonchev–Trinajstić information content (AvgIpc) is 3.22. The third-order valence-corrected chi connectivity index (χ3v) is 3.97. The SMILES string of the molecule is O=C(/C=c1/[nH]c(=O)/c(=C/c2cccn2C(F)F)s1)c1ccco1. The van der Waals surface area contributed by atoms with Crippen molar-refractivity contribution in [2.45, 2.75) is 6.55 Å². The number of halogens is 2. The van der Waals surface area contributed by atoms with Gasteiger partial charge in [0.2, 0.25) is 5.78 Å². The highest BCUT2D eigenvalue weighted by Gasteiger charge is 2.09. The Bertz CT molecular complexity index is 996. The number of nitrogens with one attached hydrogen (secondary N) is 1. The minimum atomic E-state index is -2.69. The molecule has 23 heavy (non-hydrogen) atoms. The minimum Gasteiger partial charge on any atom is -0.461 e. The summed E-state index contributed by atoms with van der Waals surface area (Å²) in [4.78, 5) is 26.3. The lowest BCUT2D eigenvalue weighted by Crippen LogP contribution is -2.20. The van der Waals surface area contributed by atoms with Crippen molar-refractivity contribution in [2.24, 2.45) is 0 Å². The number of carbonyl (C=O) groups excluding carboxylic acids is 1. The Morgan fingerprint density at radius 3 is 2.87 bits per heavy atom. The summed E-state index contributed by atoms with van der Waals surface area (Å²) in [6, 6.07) is 6.03. The number of carbonyl (C=O) groups is 1. The largest absolute Gasteiger partial charge is 0.461 e. The second-order valence-electron chi connectivity index (χ2n) is 4.53. The molecule has 0 amide bonds. The van der Waals surface area contributed by atoms with E-state index in [0.717, 1.165) is 15.9 Å². The summed E-state index contributed by atoms with van der Waals surface area (Å²) in [6.45, 7) is -2.69. The lowest BCUT2D eigenvalue weighted by molar-refractivity contribution is 0.0700. The molecule has 0 fully saturated rings. The first-order chi connectivity index (χ1) is 11.0. The van der Waals surface area contributed by atoms with Crippen molar-refractivity contribution in [3.63, 3.8) is 0 Å². The van der Waals surface area contributed by atoms with Gasteiger partial charge in [0.05, 0.1) is 15.5 Å². The zero-order valence-electron chi connectivity index (χ0n) is 11.5. The topological polar surface area (TPSA) is 68.0 Å². The fraction of sp³-hybridized carbons (Fsp3) is 0.0667. The first-order valence-electron chi connectivity index (χ1n) is 6.50. The number of ketones is 1. The van der Waals surface area contributed by atoms with Crippen LogP contribution in [0.3, 0.4) is 0 Å². The molecule has 118 valence electrons. The number of hydrogen-bond acceptors (Lipinski definition) is 4. The lowest BCUT2D eigenvalue weighted by atomic mass is 10.3. The molecule has 0 spiro atoms. The van der Waals surface area contributed by atoms with Crippen molar-refractivity contribution in [2.75, 3.05) is 0 Å². The number of aromatic nitrogens is 2. The monoisotopic (exact) mass is 336 g/mol. The van der Waals surface area contributed by atoms with E-state index < -0.39 is 17.9 Å². The number of rotatable bonds is 4. The molecule has 1 N–H and O–H groups in total. The number of H-pyrrole nitrogens is 1. The van der Waals surface area contributed by atoms with Crippen LogP contribution < -0.4 is 14.8 Å². The van der Waals surface area contributed by atoms with Crippen molar-refractivity contribution in [1.29, 1.82) is 0 Å². The first kappa shape index (κ1) is 15.2. The Balaban J connectivity index is 2.02. The molecule has 3 aromatic heterocycles. The Morgan fingerprint density at radius 2 is 2.17 bits per heavy atom. The Labute approximate surface area is 131 Å². The highest BCUT2D eigenvalue weighted by molar-refractivity contribution is 7.07. The summed E-state index contributed by atoms with van der Waals surface area (Å²) in [5, 5.41) is 0. The number of Topliss-reactive ketones (excluding diaryl/α,β-unsaturated/α-hetero) is 1. The third kappa shape index (κ3) is 3.21. The molecule has 8 heteroatoms. The lowest BCUT2D eigenvalue weighted by Gasteiger charge is -2.02. The fourth-order valence-corrected chi connectivity index (χ4v) is 2.84.